The average molecular weight is 433 g/mol. The Kier molecular flexibility index (Phi) is 5.12. The number of aryl methyl sites for hydroxylation is 1. The topological polar surface area (TPSA) is 83.8 Å². The summed E-state index contributed by atoms with van der Waals surface area (Å²) < 4.78 is 2.02. The average Bonchev–Trinajstić information content (AvgIpc) is 3.10. The van der Waals surface area contributed by atoms with Crippen LogP contribution >= 0.6 is 0 Å². The van der Waals surface area contributed by atoms with E-state index in [0.29, 0.717) is 11.9 Å². The number of rotatable bonds is 4. The summed E-state index contributed by atoms with van der Waals surface area (Å²) in [6, 6.07) is 4.11. The zero-order valence-electron chi connectivity index (χ0n) is 19.6. The molecule has 5 rings (SSSR count). The molecule has 1 aliphatic carbocycles. The van der Waals surface area contributed by atoms with E-state index in [2.05, 4.69) is 59.3 Å². The van der Waals surface area contributed by atoms with Crippen molar-refractivity contribution in [1.82, 2.24) is 30.0 Å². The molecular weight excluding hydrogens is 400 g/mol. The number of fused-ring (bicyclic) bond motifs is 3. The molecule has 3 aromatic rings. The van der Waals surface area contributed by atoms with Gasteiger partial charge in [0, 0.05) is 57.0 Å². The number of nitrogens with one attached hydrogen (secondary N) is 2. The zero-order valence-corrected chi connectivity index (χ0v) is 19.6. The van der Waals surface area contributed by atoms with Gasteiger partial charge in [0.15, 0.2) is 0 Å². The summed E-state index contributed by atoms with van der Waals surface area (Å²) in [7, 11) is 2.03. The maximum atomic E-state index is 4.98. The summed E-state index contributed by atoms with van der Waals surface area (Å²) in [4.78, 5) is 16.6. The van der Waals surface area contributed by atoms with E-state index in [1.165, 1.54) is 16.8 Å². The highest BCUT2D eigenvalue weighted by atomic mass is 15.3. The molecule has 0 unspecified atom stereocenters. The lowest BCUT2D eigenvalue weighted by Gasteiger charge is -2.31. The lowest BCUT2D eigenvalue weighted by Crippen LogP contribution is -2.43. The minimum Gasteiger partial charge on any atom is -0.368 e. The molecular formula is C24H32N8. The molecule has 1 fully saturated rings. The fraction of sp³-hybridized carbons (Fsp3) is 0.500. The largest absolute Gasteiger partial charge is 0.368 e. The summed E-state index contributed by atoms with van der Waals surface area (Å²) in [6.45, 7) is 12.9. The molecule has 1 saturated heterocycles. The number of anilines is 3. The highest BCUT2D eigenvalue weighted by Gasteiger charge is 2.37. The van der Waals surface area contributed by atoms with Gasteiger partial charge in [0.1, 0.15) is 5.82 Å². The number of hydrogen-bond donors (Lipinski definition) is 2. The van der Waals surface area contributed by atoms with Gasteiger partial charge in [0.05, 0.1) is 29.0 Å². The first kappa shape index (κ1) is 20.9. The Bertz CT molecular complexity index is 1120. The van der Waals surface area contributed by atoms with E-state index in [1.807, 2.05) is 30.2 Å². The smallest absolute Gasteiger partial charge is 0.228 e. The molecule has 4 heterocycles. The van der Waals surface area contributed by atoms with Crippen LogP contribution in [0.15, 0.2) is 24.5 Å². The Morgan fingerprint density at radius 3 is 2.56 bits per heavy atom. The molecule has 0 atom stereocenters. The van der Waals surface area contributed by atoms with Crippen molar-refractivity contribution >= 4 is 17.5 Å². The van der Waals surface area contributed by atoms with Crippen LogP contribution in [0.25, 0.3) is 11.3 Å². The normalized spacial score (nSPS) is 17.2. The minimum atomic E-state index is -0.0628. The molecule has 0 saturated carbocycles. The van der Waals surface area contributed by atoms with Crippen LogP contribution in [0.2, 0.25) is 0 Å². The Morgan fingerprint density at radius 1 is 1.09 bits per heavy atom. The summed E-state index contributed by atoms with van der Waals surface area (Å²) in [6.07, 6.45) is 4.78. The highest BCUT2D eigenvalue weighted by Crippen LogP contribution is 2.44. The molecule has 3 aromatic heterocycles. The molecule has 0 bridgehead atoms. The minimum absolute atomic E-state index is 0.0628. The first-order chi connectivity index (χ1) is 15.3. The van der Waals surface area contributed by atoms with Gasteiger partial charge in [-0.05, 0) is 23.5 Å². The van der Waals surface area contributed by atoms with Crippen molar-refractivity contribution < 1.29 is 0 Å². The molecule has 0 amide bonds. The monoisotopic (exact) mass is 432 g/mol. The molecule has 0 spiro atoms. The van der Waals surface area contributed by atoms with Gasteiger partial charge in [-0.25, -0.2) is 15.0 Å². The Balaban J connectivity index is 1.47. The summed E-state index contributed by atoms with van der Waals surface area (Å²) in [5, 5.41) is 11.5. The van der Waals surface area contributed by atoms with Crippen molar-refractivity contribution in [2.45, 2.75) is 45.4 Å². The van der Waals surface area contributed by atoms with Crippen molar-refractivity contribution in [2.24, 2.45) is 7.05 Å². The standard InChI is InChI=1S/C24H32N8/c1-15(2)22-20-18(30-31(22)5)12-24(3,4)17-14-27-23(29-21(17)20)28-19-7-6-16(13-26-19)32-10-8-25-9-11-32/h6-7,13-15,25H,8-12H2,1-5H3,(H,26,27,28,29). The fourth-order valence-corrected chi connectivity index (χ4v) is 4.97. The number of nitrogens with zero attached hydrogens (tertiary/aromatic N) is 6. The maximum absolute atomic E-state index is 4.98. The third kappa shape index (κ3) is 3.62. The van der Waals surface area contributed by atoms with E-state index in [0.717, 1.165) is 55.5 Å². The molecule has 0 aromatic carbocycles. The van der Waals surface area contributed by atoms with Crippen LogP contribution in [0.3, 0.4) is 0 Å². The van der Waals surface area contributed by atoms with Gasteiger partial charge in [-0.3, -0.25) is 4.68 Å². The third-order valence-electron chi connectivity index (χ3n) is 6.54. The molecule has 0 radical (unpaired) electrons. The van der Waals surface area contributed by atoms with E-state index < -0.39 is 0 Å². The van der Waals surface area contributed by atoms with E-state index in [4.69, 9.17) is 10.1 Å². The van der Waals surface area contributed by atoms with E-state index in [-0.39, 0.29) is 5.41 Å². The highest BCUT2D eigenvalue weighted by molar-refractivity contribution is 5.74. The molecule has 8 nitrogen and oxygen atoms in total. The van der Waals surface area contributed by atoms with Crippen molar-refractivity contribution in [3.05, 3.63) is 41.5 Å². The maximum Gasteiger partial charge on any atom is 0.228 e. The number of aromatic nitrogens is 5. The number of hydrogen-bond acceptors (Lipinski definition) is 7. The van der Waals surface area contributed by atoms with Gasteiger partial charge in [0.25, 0.3) is 0 Å². The van der Waals surface area contributed by atoms with Gasteiger partial charge in [-0.1, -0.05) is 27.7 Å². The summed E-state index contributed by atoms with van der Waals surface area (Å²) >= 11 is 0. The van der Waals surface area contributed by atoms with E-state index in [1.54, 1.807) is 0 Å². The van der Waals surface area contributed by atoms with Crippen LogP contribution in [-0.2, 0) is 18.9 Å². The molecule has 1 aliphatic heterocycles. The van der Waals surface area contributed by atoms with Crippen LogP contribution in [0, 0.1) is 0 Å². The first-order valence-corrected chi connectivity index (χ1v) is 11.5. The molecule has 168 valence electrons. The second-order valence-corrected chi connectivity index (χ2v) is 9.77. The lowest BCUT2D eigenvalue weighted by atomic mass is 9.74. The second-order valence-electron chi connectivity index (χ2n) is 9.77. The Morgan fingerprint density at radius 2 is 1.88 bits per heavy atom. The van der Waals surface area contributed by atoms with Gasteiger partial charge in [-0.15, -0.1) is 0 Å². The molecule has 32 heavy (non-hydrogen) atoms. The fourth-order valence-electron chi connectivity index (χ4n) is 4.97. The SMILES string of the molecule is CC(C)c1c2c(nn1C)CC(C)(C)c1cnc(Nc3ccc(N4CCNCC4)cn3)nc1-2. The van der Waals surface area contributed by atoms with Crippen molar-refractivity contribution in [1.29, 1.82) is 0 Å². The van der Waals surface area contributed by atoms with Gasteiger partial charge in [0.2, 0.25) is 5.95 Å². The molecule has 8 heteroatoms. The Hall–Kier alpha value is -3.00. The van der Waals surface area contributed by atoms with Crippen LogP contribution < -0.4 is 15.5 Å². The molecule has 2 N–H and O–H groups in total. The van der Waals surface area contributed by atoms with Crippen molar-refractivity contribution in [3.8, 4) is 11.3 Å². The predicted octanol–water partition coefficient (Wildman–Crippen LogP) is 3.38. The summed E-state index contributed by atoms with van der Waals surface area (Å²) in [5.74, 6) is 1.67. The summed E-state index contributed by atoms with van der Waals surface area (Å²) in [5.41, 5.74) is 6.76. The van der Waals surface area contributed by atoms with Crippen LogP contribution in [0.1, 0.15) is 50.6 Å². The van der Waals surface area contributed by atoms with E-state index >= 15 is 0 Å². The Labute approximate surface area is 189 Å². The van der Waals surface area contributed by atoms with Crippen molar-refractivity contribution in [2.75, 3.05) is 36.4 Å². The van der Waals surface area contributed by atoms with Crippen molar-refractivity contribution in [3.63, 3.8) is 0 Å². The number of pyridine rings is 1. The zero-order chi connectivity index (χ0) is 22.5. The number of piperazine rings is 1. The van der Waals surface area contributed by atoms with Crippen LogP contribution in [0.5, 0.6) is 0 Å². The predicted molar refractivity (Wildman–Crippen MR) is 128 cm³/mol. The van der Waals surface area contributed by atoms with Gasteiger partial charge < -0.3 is 15.5 Å². The van der Waals surface area contributed by atoms with Crippen LogP contribution in [-0.4, -0.2) is 50.9 Å². The lowest BCUT2D eigenvalue weighted by molar-refractivity contribution is 0.502. The van der Waals surface area contributed by atoms with Crippen LogP contribution in [0.4, 0.5) is 17.5 Å². The molecule has 2 aliphatic rings. The van der Waals surface area contributed by atoms with Gasteiger partial charge >= 0.3 is 0 Å². The van der Waals surface area contributed by atoms with Gasteiger partial charge in [-0.2, -0.15) is 5.10 Å². The van der Waals surface area contributed by atoms with E-state index in [9.17, 15) is 0 Å². The quantitative estimate of drug-likeness (QED) is 0.654. The first-order valence-electron chi connectivity index (χ1n) is 11.5. The second kappa shape index (κ2) is 7.85. The third-order valence-corrected chi connectivity index (χ3v) is 6.54.